The number of fused-ring (bicyclic) bond motifs is 3. The van der Waals surface area contributed by atoms with Gasteiger partial charge in [-0.05, 0) is 11.5 Å². The van der Waals surface area contributed by atoms with Crippen LogP contribution < -0.4 is 20.7 Å². The van der Waals surface area contributed by atoms with Crippen LogP contribution in [0.4, 0.5) is 0 Å². The second kappa shape index (κ2) is 4.14. The zero-order chi connectivity index (χ0) is 10.4. The first-order chi connectivity index (χ1) is 7.31. The van der Waals surface area contributed by atoms with Crippen molar-refractivity contribution in [3.63, 3.8) is 0 Å². The van der Waals surface area contributed by atoms with E-state index in [9.17, 15) is 5.02 Å². The van der Waals surface area contributed by atoms with Crippen LogP contribution in [0.15, 0.2) is 12.1 Å². The molecule has 0 amide bonds. The SMILES string of the molecule is Cl.NC[C@H]1OB(O)c2ccc3c(c21)OCO3. The van der Waals surface area contributed by atoms with Gasteiger partial charge in [-0.1, -0.05) is 6.07 Å². The number of nitrogens with two attached hydrogens (primary N) is 1. The van der Waals surface area contributed by atoms with Crippen LogP contribution in [0, 0.1) is 0 Å². The highest BCUT2D eigenvalue weighted by Gasteiger charge is 2.39. The Morgan fingerprint density at radius 3 is 3.00 bits per heavy atom. The highest BCUT2D eigenvalue weighted by Crippen LogP contribution is 2.40. The zero-order valence-corrected chi connectivity index (χ0v) is 9.20. The Morgan fingerprint density at radius 1 is 1.44 bits per heavy atom. The molecule has 0 radical (unpaired) electrons. The molecule has 1 aromatic rings. The molecular weight excluding hydrogens is 232 g/mol. The number of benzene rings is 1. The fraction of sp³-hybridized carbons (Fsp3) is 0.333. The maximum atomic E-state index is 9.64. The van der Waals surface area contributed by atoms with E-state index in [4.69, 9.17) is 19.9 Å². The van der Waals surface area contributed by atoms with Crippen LogP contribution >= 0.6 is 12.4 Å². The summed E-state index contributed by atoms with van der Waals surface area (Å²) < 4.78 is 15.9. The van der Waals surface area contributed by atoms with Crippen LogP contribution in [0.5, 0.6) is 11.5 Å². The highest BCUT2D eigenvalue weighted by atomic mass is 35.5. The molecule has 0 aliphatic carbocycles. The molecule has 0 fully saturated rings. The predicted octanol–water partition coefficient (Wildman–Crippen LogP) is -0.445. The van der Waals surface area contributed by atoms with Crippen LogP contribution in [0.3, 0.4) is 0 Å². The Balaban J connectivity index is 0.000000963. The molecule has 16 heavy (non-hydrogen) atoms. The average Bonchev–Trinajstić information content (AvgIpc) is 2.81. The lowest BCUT2D eigenvalue weighted by Crippen LogP contribution is -2.27. The zero-order valence-electron chi connectivity index (χ0n) is 8.38. The Morgan fingerprint density at radius 2 is 2.25 bits per heavy atom. The molecule has 5 nitrogen and oxygen atoms in total. The van der Waals surface area contributed by atoms with Crippen molar-refractivity contribution in [2.75, 3.05) is 13.3 Å². The van der Waals surface area contributed by atoms with Gasteiger partial charge in [-0.25, -0.2) is 0 Å². The van der Waals surface area contributed by atoms with Gasteiger partial charge in [0.15, 0.2) is 11.5 Å². The molecule has 0 aromatic heterocycles. The Kier molecular flexibility index (Phi) is 2.99. The molecule has 0 saturated heterocycles. The maximum absolute atomic E-state index is 9.64. The van der Waals surface area contributed by atoms with Crippen molar-refractivity contribution in [1.29, 1.82) is 0 Å². The number of hydrogen-bond donors (Lipinski definition) is 2. The van der Waals surface area contributed by atoms with Crippen molar-refractivity contribution in [3.8, 4) is 11.5 Å². The summed E-state index contributed by atoms with van der Waals surface area (Å²) in [5.74, 6) is 1.34. The van der Waals surface area contributed by atoms with E-state index in [1.165, 1.54) is 0 Å². The van der Waals surface area contributed by atoms with Crippen LogP contribution in [0.2, 0.25) is 0 Å². The molecule has 2 aliphatic rings. The van der Waals surface area contributed by atoms with Gasteiger partial charge in [0.25, 0.3) is 0 Å². The number of rotatable bonds is 1. The van der Waals surface area contributed by atoms with Gasteiger partial charge in [0.1, 0.15) is 0 Å². The van der Waals surface area contributed by atoms with E-state index in [0.717, 1.165) is 11.0 Å². The Bertz CT molecular complexity index is 417. The van der Waals surface area contributed by atoms with Crippen molar-refractivity contribution in [1.82, 2.24) is 0 Å². The second-order valence-electron chi connectivity index (χ2n) is 3.52. The first kappa shape index (κ1) is 11.5. The molecule has 7 heteroatoms. The van der Waals surface area contributed by atoms with E-state index in [-0.39, 0.29) is 25.3 Å². The average molecular weight is 243 g/mol. The lowest BCUT2D eigenvalue weighted by molar-refractivity contribution is 0.166. The van der Waals surface area contributed by atoms with Crippen molar-refractivity contribution >= 4 is 25.0 Å². The normalized spacial score (nSPS) is 20.6. The van der Waals surface area contributed by atoms with Gasteiger partial charge < -0.3 is 24.9 Å². The molecule has 3 N–H and O–H groups in total. The van der Waals surface area contributed by atoms with E-state index in [0.29, 0.717) is 18.0 Å². The summed E-state index contributed by atoms with van der Waals surface area (Å²) in [6, 6.07) is 3.55. The fourth-order valence-corrected chi connectivity index (χ4v) is 2.03. The molecule has 0 unspecified atom stereocenters. The molecule has 0 spiro atoms. The lowest BCUT2D eigenvalue weighted by Gasteiger charge is -2.10. The molecule has 3 rings (SSSR count). The smallest absolute Gasteiger partial charge is 0.454 e. The van der Waals surface area contributed by atoms with Gasteiger partial charge in [-0.3, -0.25) is 0 Å². The first-order valence-corrected chi connectivity index (χ1v) is 4.77. The quantitative estimate of drug-likeness (QED) is 0.654. The largest absolute Gasteiger partial charge is 0.492 e. The van der Waals surface area contributed by atoms with E-state index in [1.54, 1.807) is 12.1 Å². The second-order valence-corrected chi connectivity index (χ2v) is 3.52. The summed E-state index contributed by atoms with van der Waals surface area (Å²) in [5.41, 5.74) is 7.11. The summed E-state index contributed by atoms with van der Waals surface area (Å²) in [6.45, 7) is 0.517. The van der Waals surface area contributed by atoms with Crippen molar-refractivity contribution < 1.29 is 19.2 Å². The number of halogens is 1. The van der Waals surface area contributed by atoms with E-state index >= 15 is 0 Å². The van der Waals surface area contributed by atoms with Crippen LogP contribution in [-0.2, 0) is 4.65 Å². The lowest BCUT2D eigenvalue weighted by atomic mass is 9.79. The van der Waals surface area contributed by atoms with Crippen LogP contribution in [0.1, 0.15) is 11.7 Å². The minimum absolute atomic E-state index is 0. The summed E-state index contributed by atoms with van der Waals surface area (Å²) in [4.78, 5) is 0. The monoisotopic (exact) mass is 243 g/mol. The first-order valence-electron chi connectivity index (χ1n) is 4.77. The predicted molar refractivity (Wildman–Crippen MR) is 60.3 cm³/mol. The van der Waals surface area contributed by atoms with Crippen molar-refractivity contribution in [2.45, 2.75) is 6.10 Å². The fourth-order valence-electron chi connectivity index (χ4n) is 2.03. The van der Waals surface area contributed by atoms with Crippen molar-refractivity contribution in [3.05, 3.63) is 17.7 Å². The van der Waals surface area contributed by atoms with Crippen LogP contribution in [0.25, 0.3) is 0 Å². The van der Waals surface area contributed by atoms with Gasteiger partial charge in [-0.15, -0.1) is 12.4 Å². The molecule has 2 heterocycles. The summed E-state index contributed by atoms with van der Waals surface area (Å²) in [7, 11) is -0.914. The molecule has 0 bridgehead atoms. The molecule has 1 aromatic carbocycles. The molecule has 2 aliphatic heterocycles. The minimum atomic E-state index is -0.914. The minimum Gasteiger partial charge on any atom is -0.454 e. The Labute approximate surface area is 99.0 Å². The maximum Gasteiger partial charge on any atom is 0.492 e. The topological polar surface area (TPSA) is 73.9 Å². The van der Waals surface area contributed by atoms with Gasteiger partial charge in [0, 0.05) is 12.1 Å². The Hall–Kier alpha value is -0.945. The highest BCUT2D eigenvalue weighted by molar-refractivity contribution is 6.62. The van der Waals surface area contributed by atoms with E-state index in [2.05, 4.69) is 0 Å². The summed E-state index contributed by atoms with van der Waals surface area (Å²) >= 11 is 0. The van der Waals surface area contributed by atoms with Gasteiger partial charge in [0.2, 0.25) is 6.79 Å². The van der Waals surface area contributed by atoms with Gasteiger partial charge in [0.05, 0.1) is 6.10 Å². The molecule has 1 atom stereocenters. The third-order valence-corrected chi connectivity index (χ3v) is 2.71. The van der Waals surface area contributed by atoms with Gasteiger partial charge in [-0.2, -0.15) is 0 Å². The van der Waals surface area contributed by atoms with Gasteiger partial charge >= 0.3 is 7.12 Å². The third kappa shape index (κ3) is 1.46. The van der Waals surface area contributed by atoms with Crippen LogP contribution in [-0.4, -0.2) is 25.5 Å². The third-order valence-electron chi connectivity index (χ3n) is 2.71. The molecule has 0 saturated carbocycles. The summed E-state index contributed by atoms with van der Waals surface area (Å²) in [5, 5.41) is 9.64. The van der Waals surface area contributed by atoms with Crippen molar-refractivity contribution in [2.24, 2.45) is 5.73 Å². The number of hydrogen-bond acceptors (Lipinski definition) is 5. The molecule has 86 valence electrons. The summed E-state index contributed by atoms with van der Waals surface area (Å²) in [6.07, 6.45) is -0.313. The number of ether oxygens (including phenoxy) is 2. The standard InChI is InChI=1S/C9H10BNO4.ClH/c11-3-7-8-5(10(12)15-7)1-2-6-9(8)14-4-13-6;/h1-2,7,12H,3-4,11H2;1H/t7-;/m1./s1. The van der Waals surface area contributed by atoms with E-state index < -0.39 is 7.12 Å². The molecular formula is C9H11BClNO4. The van der Waals surface area contributed by atoms with E-state index in [1.807, 2.05) is 0 Å².